The smallest absolute Gasteiger partial charge is 0.0696 e. The minimum absolute atomic E-state index is 0.0939. The van der Waals surface area contributed by atoms with E-state index >= 15 is 0 Å². The summed E-state index contributed by atoms with van der Waals surface area (Å²) in [7, 11) is 0. The molecule has 4 heterocycles. The molecule has 4 bridgehead atoms. The van der Waals surface area contributed by atoms with Crippen molar-refractivity contribution in [3.63, 3.8) is 0 Å². The van der Waals surface area contributed by atoms with Crippen LogP contribution in [0.25, 0.3) is 0 Å². The Bertz CT molecular complexity index is 277. The van der Waals surface area contributed by atoms with Crippen LogP contribution in [0.5, 0.6) is 0 Å². The van der Waals surface area contributed by atoms with Crippen molar-refractivity contribution in [3.05, 3.63) is 0 Å². The maximum absolute atomic E-state index is 10.5. The van der Waals surface area contributed by atoms with Crippen LogP contribution in [0, 0.1) is 16.7 Å². The van der Waals surface area contributed by atoms with Gasteiger partial charge < -0.3 is 5.11 Å². The van der Waals surface area contributed by atoms with Gasteiger partial charge in [-0.15, -0.1) is 0 Å². The summed E-state index contributed by atoms with van der Waals surface area (Å²) in [5.41, 5.74) is 0.188. The van der Waals surface area contributed by atoms with E-state index in [0.29, 0.717) is 12.1 Å². The van der Waals surface area contributed by atoms with Gasteiger partial charge in [0.15, 0.2) is 0 Å². The average Bonchev–Trinajstić information content (AvgIpc) is 2.11. The number of aliphatic hydroxyl groups is 1. The Labute approximate surface area is 98.4 Å². The standard InChI is InChI=1S/C13H24N2O/c1-9(2)10-14-5-12(3)6-15(10)8-13(4,7-14)11(12)16/h9-11,16H,5-8H2,1-4H3. The van der Waals surface area contributed by atoms with Gasteiger partial charge in [0.25, 0.3) is 0 Å². The molecule has 4 aliphatic rings. The molecular formula is C13H24N2O. The summed E-state index contributed by atoms with van der Waals surface area (Å²) in [6.07, 6.45) is 0.481. The Hall–Kier alpha value is -0.120. The van der Waals surface area contributed by atoms with E-state index in [0.717, 1.165) is 26.2 Å². The minimum Gasteiger partial charge on any atom is -0.392 e. The van der Waals surface area contributed by atoms with Gasteiger partial charge in [0.1, 0.15) is 0 Å². The quantitative estimate of drug-likeness (QED) is 0.719. The molecule has 16 heavy (non-hydrogen) atoms. The summed E-state index contributed by atoms with van der Waals surface area (Å²) in [4.78, 5) is 5.20. The van der Waals surface area contributed by atoms with Crippen molar-refractivity contribution in [1.29, 1.82) is 0 Å². The lowest BCUT2D eigenvalue weighted by Crippen LogP contribution is -2.80. The van der Waals surface area contributed by atoms with Gasteiger partial charge in [-0.1, -0.05) is 27.7 Å². The maximum atomic E-state index is 10.5. The Kier molecular flexibility index (Phi) is 2.07. The molecule has 4 aliphatic heterocycles. The lowest BCUT2D eigenvalue weighted by atomic mass is 9.60. The molecule has 0 aromatic carbocycles. The number of nitrogens with zero attached hydrogens (tertiary/aromatic N) is 2. The van der Waals surface area contributed by atoms with Gasteiger partial charge in [-0.25, -0.2) is 0 Å². The molecule has 0 unspecified atom stereocenters. The van der Waals surface area contributed by atoms with Crippen LogP contribution in [0.15, 0.2) is 0 Å². The van der Waals surface area contributed by atoms with Gasteiger partial charge in [-0.3, -0.25) is 9.80 Å². The number of hydrogen-bond donors (Lipinski definition) is 1. The Balaban J connectivity index is 1.97. The van der Waals surface area contributed by atoms with Crippen LogP contribution in [0.2, 0.25) is 0 Å². The second kappa shape index (κ2) is 3.01. The van der Waals surface area contributed by atoms with Crippen LogP contribution >= 0.6 is 0 Å². The van der Waals surface area contributed by atoms with Gasteiger partial charge in [0, 0.05) is 37.0 Å². The molecule has 3 nitrogen and oxygen atoms in total. The highest BCUT2D eigenvalue weighted by Gasteiger charge is 2.61. The minimum atomic E-state index is -0.124. The van der Waals surface area contributed by atoms with E-state index in [1.165, 1.54) is 0 Å². The van der Waals surface area contributed by atoms with Gasteiger partial charge in [-0.05, 0) is 5.92 Å². The lowest BCUT2D eigenvalue weighted by Gasteiger charge is -2.69. The summed E-state index contributed by atoms with van der Waals surface area (Å²) in [6.45, 7) is 13.4. The number of piperidine rings is 2. The molecule has 0 radical (unpaired) electrons. The molecule has 1 N–H and O–H groups in total. The lowest BCUT2D eigenvalue weighted by molar-refractivity contribution is -0.258. The van der Waals surface area contributed by atoms with Crippen molar-refractivity contribution in [2.75, 3.05) is 26.2 Å². The van der Waals surface area contributed by atoms with Crippen LogP contribution in [0.1, 0.15) is 27.7 Å². The fourth-order valence-corrected chi connectivity index (χ4v) is 4.70. The molecule has 0 spiro atoms. The molecule has 4 fully saturated rings. The van der Waals surface area contributed by atoms with Crippen LogP contribution < -0.4 is 0 Å². The first-order valence-corrected chi connectivity index (χ1v) is 6.52. The molecule has 92 valence electrons. The molecule has 0 amide bonds. The van der Waals surface area contributed by atoms with Crippen molar-refractivity contribution < 1.29 is 5.11 Å². The van der Waals surface area contributed by atoms with Crippen molar-refractivity contribution in [2.24, 2.45) is 16.7 Å². The first kappa shape index (κ1) is 11.0. The molecule has 0 atom stereocenters. The Morgan fingerprint density at radius 1 is 1.00 bits per heavy atom. The Morgan fingerprint density at radius 2 is 1.38 bits per heavy atom. The van der Waals surface area contributed by atoms with Gasteiger partial charge in [0.05, 0.1) is 12.3 Å². The average molecular weight is 224 g/mol. The zero-order valence-electron chi connectivity index (χ0n) is 10.9. The predicted molar refractivity (Wildman–Crippen MR) is 64.0 cm³/mol. The first-order chi connectivity index (χ1) is 7.36. The monoisotopic (exact) mass is 224 g/mol. The second-order valence-corrected chi connectivity index (χ2v) is 7.18. The summed E-state index contributed by atoms with van der Waals surface area (Å²) >= 11 is 0. The van der Waals surface area contributed by atoms with Crippen LogP contribution in [0.3, 0.4) is 0 Å². The molecule has 0 aliphatic carbocycles. The molecule has 4 rings (SSSR count). The molecule has 0 saturated carbocycles. The number of rotatable bonds is 1. The number of aliphatic hydroxyl groups excluding tert-OH is 1. The van der Waals surface area contributed by atoms with Gasteiger partial charge >= 0.3 is 0 Å². The fraction of sp³-hybridized carbons (Fsp3) is 1.00. The molecular weight excluding hydrogens is 200 g/mol. The topological polar surface area (TPSA) is 26.7 Å². The van der Waals surface area contributed by atoms with E-state index in [9.17, 15) is 5.11 Å². The molecule has 4 saturated heterocycles. The summed E-state index contributed by atoms with van der Waals surface area (Å²) in [5.74, 6) is 0.685. The van der Waals surface area contributed by atoms with E-state index < -0.39 is 0 Å². The Morgan fingerprint density at radius 3 is 1.69 bits per heavy atom. The summed E-state index contributed by atoms with van der Waals surface area (Å²) in [6, 6.07) is 0. The summed E-state index contributed by atoms with van der Waals surface area (Å²) in [5, 5.41) is 10.5. The highest BCUT2D eigenvalue weighted by molar-refractivity contribution is 5.13. The summed E-state index contributed by atoms with van der Waals surface area (Å²) < 4.78 is 0. The normalized spacial score (nSPS) is 59.6. The highest BCUT2D eigenvalue weighted by atomic mass is 16.3. The maximum Gasteiger partial charge on any atom is 0.0696 e. The molecule has 3 heteroatoms. The SMILES string of the molecule is CC(C)C1N2CC3(C)CN1CC(C)(C2)C3O. The zero-order chi connectivity index (χ0) is 11.7. The van der Waals surface area contributed by atoms with Crippen LogP contribution in [-0.2, 0) is 0 Å². The van der Waals surface area contributed by atoms with E-state index in [1.807, 2.05) is 0 Å². The third-order valence-corrected chi connectivity index (χ3v) is 4.92. The van der Waals surface area contributed by atoms with Gasteiger partial charge in [-0.2, -0.15) is 0 Å². The number of hydrogen-bond acceptors (Lipinski definition) is 3. The van der Waals surface area contributed by atoms with Crippen LogP contribution in [-0.4, -0.2) is 53.4 Å². The van der Waals surface area contributed by atoms with E-state index in [-0.39, 0.29) is 16.9 Å². The predicted octanol–water partition coefficient (Wildman–Crippen LogP) is 0.987. The third kappa shape index (κ3) is 1.20. The van der Waals surface area contributed by atoms with Crippen molar-refractivity contribution in [2.45, 2.75) is 40.0 Å². The fourth-order valence-electron chi connectivity index (χ4n) is 4.70. The highest BCUT2D eigenvalue weighted by Crippen LogP contribution is 2.51. The van der Waals surface area contributed by atoms with Crippen molar-refractivity contribution in [3.8, 4) is 0 Å². The van der Waals surface area contributed by atoms with E-state index in [2.05, 4.69) is 37.5 Å². The molecule has 0 aromatic heterocycles. The van der Waals surface area contributed by atoms with E-state index in [1.54, 1.807) is 0 Å². The third-order valence-electron chi connectivity index (χ3n) is 4.92. The zero-order valence-corrected chi connectivity index (χ0v) is 10.9. The van der Waals surface area contributed by atoms with Crippen molar-refractivity contribution in [1.82, 2.24) is 9.80 Å². The van der Waals surface area contributed by atoms with Crippen molar-refractivity contribution >= 4 is 0 Å². The van der Waals surface area contributed by atoms with Crippen LogP contribution in [0.4, 0.5) is 0 Å². The van der Waals surface area contributed by atoms with Gasteiger partial charge in [0.2, 0.25) is 0 Å². The molecule has 0 aromatic rings. The van der Waals surface area contributed by atoms with E-state index in [4.69, 9.17) is 0 Å². The largest absolute Gasteiger partial charge is 0.392 e. The second-order valence-electron chi connectivity index (χ2n) is 7.18. The first-order valence-electron chi connectivity index (χ1n) is 6.52.